The number of pyridine rings is 1. The zero-order chi connectivity index (χ0) is 29.4. The maximum atomic E-state index is 13.3. The van der Waals surface area contributed by atoms with E-state index in [-0.39, 0.29) is 35.0 Å². The number of esters is 1. The van der Waals surface area contributed by atoms with E-state index in [9.17, 15) is 19.2 Å². The summed E-state index contributed by atoms with van der Waals surface area (Å²) in [6.07, 6.45) is 3.46. The van der Waals surface area contributed by atoms with Crippen LogP contribution in [0.15, 0.2) is 72.8 Å². The Morgan fingerprint density at radius 3 is 2.29 bits per heavy atom. The molecule has 0 spiro atoms. The highest BCUT2D eigenvalue weighted by atomic mass is 16.5. The number of carbonyl (C=O) groups is 4. The Morgan fingerprint density at radius 1 is 0.905 bits per heavy atom. The summed E-state index contributed by atoms with van der Waals surface area (Å²) in [5.41, 5.74) is 3.96. The van der Waals surface area contributed by atoms with Gasteiger partial charge in [0.25, 0.3) is 0 Å². The van der Waals surface area contributed by atoms with E-state index in [0.29, 0.717) is 39.2 Å². The number of rotatable bonds is 7. The van der Waals surface area contributed by atoms with E-state index in [0.717, 1.165) is 31.2 Å². The molecule has 4 aromatic rings. The number of benzene rings is 3. The number of para-hydroxylation sites is 1. The second kappa shape index (κ2) is 11.2. The summed E-state index contributed by atoms with van der Waals surface area (Å²) >= 11 is 0. The average Bonchev–Trinajstić information content (AvgIpc) is 3.28. The first kappa shape index (κ1) is 27.3. The van der Waals surface area contributed by atoms with Gasteiger partial charge < -0.3 is 9.47 Å². The van der Waals surface area contributed by atoms with Gasteiger partial charge >= 0.3 is 5.97 Å². The smallest absolute Gasteiger partial charge is 0.339 e. The number of nitrogens with zero attached hydrogens (tertiary/aromatic N) is 2. The first-order chi connectivity index (χ1) is 20.4. The molecule has 6 rings (SSSR count). The Hall–Kier alpha value is -4.85. The molecule has 1 aliphatic heterocycles. The van der Waals surface area contributed by atoms with E-state index in [4.69, 9.17) is 14.5 Å². The summed E-state index contributed by atoms with van der Waals surface area (Å²) in [7, 11) is 1.52. The highest BCUT2D eigenvalue weighted by Crippen LogP contribution is 2.40. The SMILES string of the molecule is COc1cccc(C(=O)COC(=O)c2cc(-c3ccc(N4C(=O)C5CCCCC5C4=O)cc3)nc3c(C)cccc23)c1. The molecule has 1 saturated carbocycles. The lowest BCUT2D eigenvalue weighted by Gasteiger charge is -2.19. The Balaban J connectivity index is 1.28. The Labute approximate surface area is 243 Å². The maximum absolute atomic E-state index is 13.3. The van der Waals surface area contributed by atoms with Gasteiger partial charge in [0.1, 0.15) is 5.75 Å². The minimum atomic E-state index is -0.641. The molecule has 2 atom stereocenters. The van der Waals surface area contributed by atoms with Crippen LogP contribution in [0.5, 0.6) is 5.75 Å². The monoisotopic (exact) mass is 562 g/mol. The van der Waals surface area contributed by atoms with E-state index >= 15 is 0 Å². The number of amides is 2. The van der Waals surface area contributed by atoms with Crippen molar-refractivity contribution in [2.75, 3.05) is 18.6 Å². The molecule has 8 nitrogen and oxygen atoms in total. The number of ketones is 1. The number of anilines is 1. The summed E-state index contributed by atoms with van der Waals surface area (Å²) in [5.74, 6) is -1.14. The average molecular weight is 563 g/mol. The molecular weight excluding hydrogens is 532 g/mol. The number of imide groups is 1. The second-order valence-corrected chi connectivity index (χ2v) is 10.8. The molecule has 2 heterocycles. The van der Waals surface area contributed by atoms with E-state index < -0.39 is 12.6 Å². The molecule has 1 aromatic heterocycles. The fourth-order valence-electron chi connectivity index (χ4n) is 6.00. The van der Waals surface area contributed by atoms with Crippen LogP contribution in [-0.4, -0.2) is 42.3 Å². The number of hydrogen-bond donors (Lipinski definition) is 0. The molecule has 42 heavy (non-hydrogen) atoms. The van der Waals surface area contributed by atoms with Gasteiger partial charge in [0, 0.05) is 16.5 Å². The van der Waals surface area contributed by atoms with Crippen LogP contribution >= 0.6 is 0 Å². The number of methoxy groups -OCH3 is 1. The molecular formula is C34H30N2O6. The Bertz CT molecular complexity index is 1700. The van der Waals surface area contributed by atoms with E-state index in [1.807, 2.05) is 19.1 Å². The van der Waals surface area contributed by atoms with E-state index in [1.165, 1.54) is 12.0 Å². The van der Waals surface area contributed by atoms with Crippen molar-refractivity contribution < 1.29 is 28.7 Å². The van der Waals surface area contributed by atoms with Crippen molar-refractivity contribution in [3.8, 4) is 17.0 Å². The summed E-state index contributed by atoms with van der Waals surface area (Å²) in [6, 6.07) is 21.0. The molecule has 8 heteroatoms. The van der Waals surface area contributed by atoms with Gasteiger partial charge in [0.2, 0.25) is 11.8 Å². The van der Waals surface area contributed by atoms with Gasteiger partial charge in [-0.2, -0.15) is 0 Å². The number of hydrogen-bond acceptors (Lipinski definition) is 7. The molecule has 0 bridgehead atoms. The molecule has 0 N–H and O–H groups in total. The minimum absolute atomic E-state index is 0.120. The Kier molecular flexibility index (Phi) is 7.29. The zero-order valence-electron chi connectivity index (χ0n) is 23.5. The Morgan fingerprint density at radius 2 is 1.60 bits per heavy atom. The predicted molar refractivity (Wildman–Crippen MR) is 157 cm³/mol. The number of carbonyl (C=O) groups excluding carboxylic acids is 4. The molecule has 2 fully saturated rings. The van der Waals surface area contributed by atoms with Crippen LogP contribution < -0.4 is 9.64 Å². The van der Waals surface area contributed by atoms with Crippen LogP contribution in [0.2, 0.25) is 0 Å². The van der Waals surface area contributed by atoms with Gasteiger partial charge in [-0.05, 0) is 55.7 Å². The van der Waals surface area contributed by atoms with Crippen LogP contribution in [0.3, 0.4) is 0 Å². The quantitative estimate of drug-likeness (QED) is 0.156. The van der Waals surface area contributed by atoms with Gasteiger partial charge in [-0.15, -0.1) is 0 Å². The van der Waals surface area contributed by atoms with Crippen LogP contribution in [0, 0.1) is 18.8 Å². The third-order valence-electron chi connectivity index (χ3n) is 8.25. The molecule has 212 valence electrons. The fourth-order valence-corrected chi connectivity index (χ4v) is 6.00. The topological polar surface area (TPSA) is 103 Å². The molecule has 0 radical (unpaired) electrons. The standard InChI is InChI=1S/C34H30N2O6/c1-20-7-5-12-25-28(34(40)42-19-30(37)22-8-6-9-24(17-22)41-2)18-29(35-31(20)25)21-13-15-23(16-14-21)36-32(38)26-10-3-4-11-27(26)33(36)39/h5-9,12-18,26-27H,3-4,10-11,19H2,1-2H3. The van der Waals surface area contributed by atoms with Gasteiger partial charge in [-0.25, -0.2) is 9.78 Å². The van der Waals surface area contributed by atoms with E-state index in [1.54, 1.807) is 60.7 Å². The predicted octanol–water partition coefficient (Wildman–Crippen LogP) is 5.94. The molecule has 1 aliphatic carbocycles. The molecule has 1 saturated heterocycles. The van der Waals surface area contributed by atoms with Crippen molar-refractivity contribution in [3.63, 3.8) is 0 Å². The number of aromatic nitrogens is 1. The highest BCUT2D eigenvalue weighted by Gasteiger charge is 2.48. The van der Waals surface area contributed by atoms with Gasteiger partial charge in [0.15, 0.2) is 12.4 Å². The van der Waals surface area contributed by atoms with Crippen molar-refractivity contribution >= 4 is 40.2 Å². The van der Waals surface area contributed by atoms with Crippen molar-refractivity contribution in [2.45, 2.75) is 32.6 Å². The molecule has 2 aliphatic rings. The van der Waals surface area contributed by atoms with E-state index in [2.05, 4.69) is 0 Å². The first-order valence-corrected chi connectivity index (χ1v) is 14.1. The van der Waals surface area contributed by atoms with Crippen LogP contribution in [0.4, 0.5) is 5.69 Å². The first-order valence-electron chi connectivity index (χ1n) is 14.1. The number of Topliss-reactive ketones (excluding diaryl/α,β-unsaturated/α-hetero) is 1. The fraction of sp³-hybridized carbons (Fsp3) is 0.265. The highest BCUT2D eigenvalue weighted by molar-refractivity contribution is 6.22. The van der Waals surface area contributed by atoms with Crippen molar-refractivity contribution in [1.82, 2.24) is 4.98 Å². The second-order valence-electron chi connectivity index (χ2n) is 10.8. The van der Waals surface area contributed by atoms with Gasteiger partial charge in [0.05, 0.1) is 41.4 Å². The summed E-state index contributed by atoms with van der Waals surface area (Å²) in [5, 5.41) is 0.616. The third-order valence-corrected chi connectivity index (χ3v) is 8.25. The van der Waals surface area contributed by atoms with Crippen LogP contribution in [-0.2, 0) is 14.3 Å². The van der Waals surface area contributed by atoms with Gasteiger partial charge in [-0.1, -0.05) is 55.3 Å². The van der Waals surface area contributed by atoms with Crippen LogP contribution in [0.25, 0.3) is 22.2 Å². The molecule has 3 aromatic carbocycles. The minimum Gasteiger partial charge on any atom is -0.497 e. The lowest BCUT2D eigenvalue weighted by Crippen LogP contribution is -2.30. The summed E-state index contributed by atoms with van der Waals surface area (Å²) in [6.45, 7) is 1.49. The summed E-state index contributed by atoms with van der Waals surface area (Å²) in [4.78, 5) is 58.3. The van der Waals surface area contributed by atoms with Gasteiger partial charge in [-0.3, -0.25) is 19.3 Å². The molecule has 2 amide bonds. The summed E-state index contributed by atoms with van der Waals surface area (Å²) < 4.78 is 10.7. The normalized spacial score (nSPS) is 18.2. The van der Waals surface area contributed by atoms with Crippen LogP contribution in [0.1, 0.15) is 52.0 Å². The zero-order valence-corrected chi connectivity index (χ0v) is 23.5. The number of aryl methyl sites for hydroxylation is 1. The maximum Gasteiger partial charge on any atom is 0.339 e. The van der Waals surface area contributed by atoms with Crippen molar-refractivity contribution in [3.05, 3.63) is 89.5 Å². The largest absolute Gasteiger partial charge is 0.497 e. The lowest BCUT2D eigenvalue weighted by molar-refractivity contribution is -0.122. The van der Waals surface area contributed by atoms with Crippen molar-refractivity contribution in [2.24, 2.45) is 11.8 Å². The third kappa shape index (κ3) is 4.93. The molecule has 2 unspecified atom stereocenters. The van der Waals surface area contributed by atoms with Crippen molar-refractivity contribution in [1.29, 1.82) is 0 Å². The number of fused-ring (bicyclic) bond motifs is 2. The number of ether oxygens (including phenoxy) is 2. The lowest BCUT2D eigenvalue weighted by atomic mass is 9.81.